The maximum absolute atomic E-state index is 14.1. The van der Waals surface area contributed by atoms with E-state index in [0.29, 0.717) is 24.4 Å². The Morgan fingerprint density at radius 3 is 2.68 bits per heavy atom. The number of nitrogens with one attached hydrogen (secondary N) is 1. The van der Waals surface area contributed by atoms with E-state index >= 15 is 0 Å². The largest absolute Gasteiger partial charge is 0.355 e. The lowest BCUT2D eigenvalue weighted by Crippen LogP contribution is -2.58. The summed E-state index contributed by atoms with van der Waals surface area (Å²) in [5, 5.41) is 6.75. The molecule has 1 aromatic heterocycles. The number of piperidine rings is 1. The highest BCUT2D eigenvalue weighted by Gasteiger charge is 2.55. The van der Waals surface area contributed by atoms with Crippen molar-refractivity contribution in [3.8, 4) is 11.3 Å². The maximum atomic E-state index is 14.1. The van der Waals surface area contributed by atoms with Crippen LogP contribution in [0.2, 0.25) is 0 Å². The van der Waals surface area contributed by atoms with Crippen molar-refractivity contribution in [2.75, 3.05) is 27.2 Å². The lowest BCUT2D eigenvalue weighted by molar-refractivity contribution is -0.136. The maximum Gasteiger partial charge on any atom is 0.273 e. The highest BCUT2D eigenvalue weighted by Crippen LogP contribution is 2.59. The molecule has 3 atom stereocenters. The molecule has 5 rings (SSSR count). The fourth-order valence-corrected chi connectivity index (χ4v) is 5.89. The second kappa shape index (κ2) is 8.76. The third-order valence-corrected chi connectivity index (χ3v) is 7.85. The van der Waals surface area contributed by atoms with Gasteiger partial charge < -0.3 is 14.7 Å². The number of carbonyl (C=O) groups is 2. The predicted octanol–water partition coefficient (Wildman–Crippen LogP) is 3.46. The summed E-state index contributed by atoms with van der Waals surface area (Å²) in [6.45, 7) is 1.46. The minimum atomic E-state index is -0.799. The lowest BCUT2D eigenvalue weighted by Gasteiger charge is -2.43. The second-order valence-corrected chi connectivity index (χ2v) is 10.2. The summed E-state index contributed by atoms with van der Waals surface area (Å²) in [6, 6.07) is 4.63. The summed E-state index contributed by atoms with van der Waals surface area (Å²) in [5.74, 6) is -2.31. The molecule has 7 nitrogen and oxygen atoms in total. The van der Waals surface area contributed by atoms with Gasteiger partial charge in [-0.25, -0.2) is 8.78 Å². The molecule has 9 heteroatoms. The number of aromatic nitrogens is 1. The van der Waals surface area contributed by atoms with Crippen LogP contribution in [0, 0.1) is 23.0 Å². The zero-order chi connectivity index (χ0) is 24.0. The first-order valence-corrected chi connectivity index (χ1v) is 12.0. The first-order valence-electron chi connectivity index (χ1n) is 12.0. The fraction of sp³-hybridized carbons (Fsp3) is 0.560. The third kappa shape index (κ3) is 4.21. The summed E-state index contributed by atoms with van der Waals surface area (Å²) in [7, 11) is 3.47. The van der Waals surface area contributed by atoms with E-state index in [1.807, 2.05) is 0 Å². The van der Waals surface area contributed by atoms with Gasteiger partial charge in [-0.3, -0.25) is 14.5 Å². The minimum Gasteiger partial charge on any atom is -0.355 e. The van der Waals surface area contributed by atoms with Gasteiger partial charge in [0.1, 0.15) is 11.6 Å². The zero-order valence-corrected chi connectivity index (χ0v) is 19.5. The summed E-state index contributed by atoms with van der Waals surface area (Å²) in [5.41, 5.74) is 0.464. The topological polar surface area (TPSA) is 78.7 Å². The average molecular weight is 473 g/mol. The minimum absolute atomic E-state index is 0.00734. The molecule has 0 radical (unpaired) electrons. The molecule has 2 heterocycles. The van der Waals surface area contributed by atoms with Gasteiger partial charge in [-0.05, 0) is 49.7 Å². The predicted molar refractivity (Wildman–Crippen MR) is 121 cm³/mol. The van der Waals surface area contributed by atoms with E-state index in [-0.39, 0.29) is 34.9 Å². The van der Waals surface area contributed by atoms with Gasteiger partial charge in [0.05, 0.1) is 11.5 Å². The van der Waals surface area contributed by atoms with Crippen LogP contribution in [-0.4, -0.2) is 66.0 Å². The van der Waals surface area contributed by atoms with Crippen LogP contribution in [0.1, 0.15) is 49.0 Å². The summed E-state index contributed by atoms with van der Waals surface area (Å²) in [4.78, 5) is 30.1. The van der Waals surface area contributed by atoms with Crippen LogP contribution < -0.4 is 5.32 Å². The number of hydrogen-bond acceptors (Lipinski definition) is 5. The Bertz CT molecular complexity index is 1100. The number of hydrogen-bond donors (Lipinski definition) is 1. The Labute approximate surface area is 197 Å². The Hall–Kier alpha value is -2.81. The van der Waals surface area contributed by atoms with Gasteiger partial charge in [0.25, 0.3) is 5.91 Å². The summed E-state index contributed by atoms with van der Waals surface area (Å²) < 4.78 is 32.4. The summed E-state index contributed by atoms with van der Waals surface area (Å²) >= 11 is 0. The van der Waals surface area contributed by atoms with E-state index < -0.39 is 17.5 Å². The first-order chi connectivity index (χ1) is 16.3. The van der Waals surface area contributed by atoms with Crippen LogP contribution >= 0.6 is 0 Å². The molecule has 1 N–H and O–H groups in total. The van der Waals surface area contributed by atoms with Gasteiger partial charge in [0, 0.05) is 51.4 Å². The molecule has 1 saturated heterocycles. The standard InChI is InChI=1S/C25H30F2N4O3/c1-30(2)24(33)17-14-31(22-4-3-8-25(22)9-10-25)11-7-19(17)28-23(32)20-13-21(34-29-20)16-6-5-15(26)12-18(16)27/h5-6,12-13,17,19,22H,3-4,7-11,14H2,1-2H3,(H,28,32)/t17-,19-,22?/m1/s1. The van der Waals surface area contributed by atoms with Gasteiger partial charge in [0.2, 0.25) is 5.91 Å². The molecule has 2 amide bonds. The van der Waals surface area contributed by atoms with Crippen molar-refractivity contribution in [1.29, 1.82) is 0 Å². The second-order valence-electron chi connectivity index (χ2n) is 10.2. The highest BCUT2D eigenvalue weighted by atomic mass is 19.1. The van der Waals surface area contributed by atoms with Crippen LogP contribution in [0.3, 0.4) is 0 Å². The number of rotatable bonds is 5. The van der Waals surface area contributed by atoms with Gasteiger partial charge >= 0.3 is 0 Å². The van der Waals surface area contributed by atoms with Crippen LogP contribution in [0.15, 0.2) is 28.8 Å². The molecular weight excluding hydrogens is 442 g/mol. The van der Waals surface area contributed by atoms with E-state index in [1.165, 1.54) is 44.2 Å². The zero-order valence-electron chi connectivity index (χ0n) is 19.5. The van der Waals surface area contributed by atoms with Crippen LogP contribution in [0.5, 0.6) is 0 Å². The van der Waals surface area contributed by atoms with Crippen molar-refractivity contribution < 1.29 is 22.9 Å². The van der Waals surface area contributed by atoms with Crippen molar-refractivity contribution in [3.05, 3.63) is 41.6 Å². The lowest BCUT2D eigenvalue weighted by atomic mass is 9.87. The molecule has 1 unspecified atom stereocenters. The SMILES string of the molecule is CN(C)C(=O)[C@@H]1CN(C2CCCC23CC3)CC[C@H]1NC(=O)c1cc(-c2ccc(F)cc2F)on1. The molecule has 1 aliphatic heterocycles. The van der Waals surface area contributed by atoms with E-state index in [2.05, 4.69) is 15.4 Å². The third-order valence-electron chi connectivity index (χ3n) is 7.85. The summed E-state index contributed by atoms with van der Waals surface area (Å²) in [6.07, 6.45) is 6.94. The van der Waals surface area contributed by atoms with Crippen molar-refractivity contribution in [2.45, 2.75) is 50.6 Å². The molecule has 34 heavy (non-hydrogen) atoms. The Kier molecular flexibility index (Phi) is 5.91. The fourth-order valence-electron chi connectivity index (χ4n) is 5.89. The van der Waals surface area contributed by atoms with E-state index in [1.54, 1.807) is 19.0 Å². The molecule has 3 aliphatic rings. The molecule has 1 aromatic carbocycles. The molecule has 2 saturated carbocycles. The van der Waals surface area contributed by atoms with Crippen LogP contribution in [0.4, 0.5) is 8.78 Å². The molecule has 182 valence electrons. The molecular formula is C25H30F2N4O3. The Morgan fingerprint density at radius 2 is 1.97 bits per heavy atom. The highest BCUT2D eigenvalue weighted by molar-refractivity contribution is 5.94. The van der Waals surface area contributed by atoms with Crippen molar-refractivity contribution >= 4 is 11.8 Å². The van der Waals surface area contributed by atoms with Gasteiger partial charge in [-0.2, -0.15) is 0 Å². The van der Waals surface area contributed by atoms with Crippen molar-refractivity contribution in [1.82, 2.24) is 20.3 Å². The van der Waals surface area contributed by atoms with E-state index in [4.69, 9.17) is 4.52 Å². The molecule has 0 bridgehead atoms. The number of amides is 2. The van der Waals surface area contributed by atoms with E-state index in [9.17, 15) is 18.4 Å². The van der Waals surface area contributed by atoms with E-state index in [0.717, 1.165) is 18.7 Å². The van der Waals surface area contributed by atoms with Gasteiger partial charge in [-0.15, -0.1) is 0 Å². The number of carbonyl (C=O) groups excluding carboxylic acids is 2. The van der Waals surface area contributed by atoms with Gasteiger partial charge in [0.15, 0.2) is 11.5 Å². The average Bonchev–Trinajstić information content (AvgIpc) is 3.21. The number of likely N-dealkylation sites (tertiary alicyclic amines) is 1. The van der Waals surface area contributed by atoms with Crippen LogP contribution in [0.25, 0.3) is 11.3 Å². The first kappa shape index (κ1) is 23.0. The number of benzene rings is 1. The number of nitrogens with zero attached hydrogens (tertiary/aromatic N) is 3. The van der Waals surface area contributed by atoms with Crippen molar-refractivity contribution in [2.24, 2.45) is 11.3 Å². The molecule has 2 aromatic rings. The smallest absolute Gasteiger partial charge is 0.273 e. The molecule has 1 spiro atoms. The normalized spacial score (nSPS) is 25.9. The monoisotopic (exact) mass is 472 g/mol. The quantitative estimate of drug-likeness (QED) is 0.721. The van der Waals surface area contributed by atoms with Crippen LogP contribution in [-0.2, 0) is 4.79 Å². The Morgan fingerprint density at radius 1 is 1.18 bits per heavy atom. The van der Waals surface area contributed by atoms with Crippen molar-refractivity contribution in [3.63, 3.8) is 0 Å². The molecule has 3 fully saturated rings. The molecule has 2 aliphatic carbocycles. The Balaban J connectivity index is 1.30. The van der Waals surface area contributed by atoms with Gasteiger partial charge in [-0.1, -0.05) is 11.6 Å². The number of halogens is 2.